The highest BCUT2D eigenvalue weighted by atomic mass is 31.1. The zero-order chi connectivity index (χ0) is 53.8. The van der Waals surface area contributed by atoms with Crippen LogP contribution in [-0.4, -0.2) is 34.0 Å². The van der Waals surface area contributed by atoms with Crippen LogP contribution in [0, 0.1) is 32.5 Å². The van der Waals surface area contributed by atoms with Crippen LogP contribution in [0.2, 0.25) is 0 Å². The van der Waals surface area contributed by atoms with Crippen LogP contribution < -0.4 is 0 Å². The highest BCUT2D eigenvalue weighted by molar-refractivity contribution is 7.75. The van der Waals surface area contributed by atoms with E-state index in [4.69, 9.17) is 0 Å². The second-order valence-electron chi connectivity index (χ2n) is 26.6. The molecule has 0 radical (unpaired) electrons. The predicted molar refractivity (Wildman–Crippen MR) is 333 cm³/mol. The summed E-state index contributed by atoms with van der Waals surface area (Å²) in [6.45, 7) is 74.1. The summed E-state index contributed by atoms with van der Waals surface area (Å²) in [5.74, 6) is 0. The Morgan fingerprint density at radius 1 is 0.194 bits per heavy atom. The summed E-state index contributed by atoms with van der Waals surface area (Å²) >= 11 is 0. The summed E-state index contributed by atoms with van der Waals surface area (Å²) in [5.41, 5.74) is 27.1. The summed E-state index contributed by atoms with van der Waals surface area (Å²) in [5, 5.41) is 21.4. The second-order valence-corrected chi connectivity index (χ2v) is 42.4. The van der Waals surface area contributed by atoms with Crippen LogP contribution in [0.1, 0.15) is 208 Å². The van der Waals surface area contributed by atoms with E-state index < -0.39 is 0 Å². The zero-order valence-corrected chi connectivity index (χ0v) is 56.5. The van der Waals surface area contributed by atoms with Gasteiger partial charge < -0.3 is 0 Å². The standard InChI is InChI=1S/3C22H32P2/c3*1-11-15(5)23-17(7)21(11,9)13(3)19(23)20-14(4)22(10)12(2)16(6)24(20)18(22)8/h3*17-18H,1-10H3/t17?,18?,21-,22+,23-,24+;2*17?,18?,21-,22-,23-,24-/m.10/s1. The number of hydrogen-bond donors (Lipinski definition) is 0. The lowest BCUT2D eigenvalue weighted by molar-refractivity contribution is 0.485. The Balaban J connectivity index is 0.000000124. The number of fused-ring (bicyclic) bond motifs is 12. The number of allylic oxidation sites excluding steroid dienone is 24. The molecule has 0 N–H and O–H groups in total. The van der Waals surface area contributed by atoms with E-state index >= 15 is 0 Å². The van der Waals surface area contributed by atoms with Gasteiger partial charge >= 0.3 is 0 Å². The minimum atomic E-state index is -0.111. The van der Waals surface area contributed by atoms with Crippen LogP contribution in [0.15, 0.2) is 131 Å². The molecule has 0 amide bonds. The zero-order valence-electron chi connectivity index (χ0n) is 51.1. The molecule has 6 heteroatoms. The van der Waals surface area contributed by atoms with Crippen molar-refractivity contribution in [2.45, 2.75) is 242 Å². The Hall–Kier alpha value is -0.540. The molecule has 0 saturated carbocycles. The quantitative estimate of drug-likeness (QED) is 0.247. The highest BCUT2D eigenvalue weighted by Gasteiger charge is 2.64. The smallest absolute Gasteiger partial charge is 0.0173 e. The van der Waals surface area contributed by atoms with Crippen LogP contribution in [-0.2, 0) is 0 Å². The van der Waals surface area contributed by atoms with E-state index in [0.717, 1.165) is 34.0 Å². The first kappa shape index (κ1) is 54.8. The molecule has 0 aromatic carbocycles. The molecule has 0 nitrogen and oxygen atoms in total. The molecule has 0 spiro atoms. The van der Waals surface area contributed by atoms with Gasteiger partial charge in [0.2, 0.25) is 0 Å². The molecule has 390 valence electrons. The van der Waals surface area contributed by atoms with Crippen molar-refractivity contribution in [3.63, 3.8) is 0 Å². The van der Waals surface area contributed by atoms with E-state index in [1.165, 1.54) is 0 Å². The summed E-state index contributed by atoms with van der Waals surface area (Å²) < 4.78 is 0. The third kappa shape index (κ3) is 5.68. The van der Waals surface area contributed by atoms with E-state index in [-0.39, 0.29) is 47.5 Å². The molecule has 0 fully saturated rings. The maximum atomic E-state index is 2.53. The van der Waals surface area contributed by atoms with Gasteiger partial charge in [-0.05, 0) is 270 Å². The van der Waals surface area contributed by atoms with Crippen LogP contribution >= 0.6 is 47.5 Å². The Kier molecular flexibility index (Phi) is 12.6. The van der Waals surface area contributed by atoms with Gasteiger partial charge in [-0.2, -0.15) is 0 Å². The van der Waals surface area contributed by atoms with Crippen LogP contribution in [0.25, 0.3) is 0 Å². The monoisotopic (exact) mass is 1070 g/mol. The van der Waals surface area contributed by atoms with Crippen LogP contribution in [0.3, 0.4) is 0 Å². The van der Waals surface area contributed by atoms with Gasteiger partial charge in [0.1, 0.15) is 0 Å². The Morgan fingerprint density at radius 2 is 0.292 bits per heavy atom. The molecule has 0 aliphatic carbocycles. The maximum Gasteiger partial charge on any atom is 0.0173 e. The normalized spacial score (nSPS) is 47.2. The van der Waals surface area contributed by atoms with Gasteiger partial charge in [-0.1, -0.05) is 150 Å². The van der Waals surface area contributed by atoms with Crippen molar-refractivity contribution < 1.29 is 0 Å². The Labute approximate surface area is 449 Å². The van der Waals surface area contributed by atoms with Crippen molar-refractivity contribution >= 4 is 47.5 Å². The minimum Gasteiger partial charge on any atom is -0.0589 e. The average Bonchev–Trinajstić information content (AvgIpc) is 4.16. The van der Waals surface area contributed by atoms with Crippen molar-refractivity contribution in [2.24, 2.45) is 32.5 Å². The molecule has 12 heterocycles. The third-order valence-corrected chi connectivity index (χ3v) is 47.2. The van der Waals surface area contributed by atoms with Gasteiger partial charge in [0.05, 0.1) is 0 Å². The highest BCUT2D eigenvalue weighted by Crippen LogP contribution is 2.90. The van der Waals surface area contributed by atoms with Gasteiger partial charge in [-0.3, -0.25) is 0 Å². The molecule has 12 bridgehead atoms. The fourth-order valence-corrected chi connectivity index (χ4v) is 43.2. The SMILES string of the molecule is CC1=C(C)[C@@]2(C)C(C)=C(C3=C(C)[C@@]4(C)C(C)=C(C)[P@]3C4C)[P@]1C2C.CC1=C(C)[C@@]2(C)C(C)=C(C3=C(C)[C@]4(C)C(C)=C(C)[P@@]3C4C)[P@]1C2C.CC1=C(C)[C@]2(C)C(C)=C(C3=C(C)[C@@]4(C)C(C)=C(C)[P@]3C4C)[P@@]1C2C. The minimum absolute atomic E-state index is 0.111. The first-order valence-electron chi connectivity index (χ1n) is 28.2. The summed E-state index contributed by atoms with van der Waals surface area (Å²) in [6.07, 6.45) is 0. The summed E-state index contributed by atoms with van der Waals surface area (Å²) in [6, 6.07) is 0. The van der Waals surface area contributed by atoms with Crippen molar-refractivity contribution in [2.75, 3.05) is 0 Å². The van der Waals surface area contributed by atoms with Crippen molar-refractivity contribution in [1.29, 1.82) is 0 Å². The fraction of sp³-hybridized carbons (Fsp3) is 0.636. The molecule has 12 aliphatic rings. The van der Waals surface area contributed by atoms with E-state index in [1.54, 1.807) is 98.8 Å². The van der Waals surface area contributed by atoms with Gasteiger partial charge in [0.15, 0.2) is 0 Å². The van der Waals surface area contributed by atoms with Crippen molar-refractivity contribution in [1.82, 2.24) is 0 Å². The fourth-order valence-electron chi connectivity index (χ4n) is 18.6. The molecule has 18 atom stereocenters. The first-order chi connectivity index (χ1) is 33.1. The Bertz CT molecular complexity index is 2540. The molecule has 12 rings (SSSR count). The third-order valence-electron chi connectivity index (χ3n) is 26.4. The van der Waals surface area contributed by atoms with E-state index in [9.17, 15) is 0 Å². The lowest BCUT2D eigenvalue weighted by Crippen LogP contribution is -2.24. The molecule has 0 aromatic heterocycles. The Morgan fingerprint density at radius 3 is 0.375 bits per heavy atom. The molecule has 72 heavy (non-hydrogen) atoms. The largest absolute Gasteiger partial charge is 0.0589 e. The van der Waals surface area contributed by atoms with Crippen LogP contribution in [0.4, 0.5) is 0 Å². The predicted octanol–water partition coefficient (Wildman–Crippen LogP) is 23.8. The first-order valence-corrected chi connectivity index (χ1v) is 36.6. The molecule has 0 aromatic rings. The maximum absolute atomic E-state index is 2.53. The molecule has 6 unspecified atom stereocenters. The lowest BCUT2D eigenvalue weighted by Gasteiger charge is -2.33. The molecular formula is C66H96P6. The second kappa shape index (κ2) is 16.5. The van der Waals surface area contributed by atoms with E-state index in [2.05, 4.69) is 208 Å². The lowest BCUT2D eigenvalue weighted by atomic mass is 9.72. The summed E-state index contributed by atoms with van der Waals surface area (Å²) in [4.78, 5) is 0. The van der Waals surface area contributed by atoms with Gasteiger partial charge in [0, 0.05) is 32.5 Å². The van der Waals surface area contributed by atoms with Crippen molar-refractivity contribution in [3.05, 3.63) is 131 Å². The average molecular weight is 1080 g/mol. The summed E-state index contributed by atoms with van der Waals surface area (Å²) in [7, 11) is -0.667. The van der Waals surface area contributed by atoms with Gasteiger partial charge in [0.25, 0.3) is 0 Å². The van der Waals surface area contributed by atoms with Gasteiger partial charge in [-0.15, -0.1) is 0 Å². The van der Waals surface area contributed by atoms with E-state index in [1.807, 2.05) is 31.9 Å². The number of hydrogen-bond acceptors (Lipinski definition) is 0. The number of rotatable bonds is 3. The molecule has 12 aliphatic heterocycles. The van der Waals surface area contributed by atoms with Crippen LogP contribution in [0.5, 0.6) is 0 Å². The molecule has 0 saturated heterocycles. The topological polar surface area (TPSA) is 0 Å². The van der Waals surface area contributed by atoms with Gasteiger partial charge in [-0.25, -0.2) is 0 Å². The van der Waals surface area contributed by atoms with E-state index in [0.29, 0.717) is 32.5 Å². The molecular weight excluding hydrogens is 979 g/mol. The van der Waals surface area contributed by atoms with Crippen molar-refractivity contribution in [3.8, 4) is 0 Å².